The van der Waals surface area contributed by atoms with E-state index in [9.17, 15) is 9.90 Å². The third-order valence-corrected chi connectivity index (χ3v) is 3.81. The van der Waals surface area contributed by atoms with E-state index in [4.69, 9.17) is 0 Å². The lowest BCUT2D eigenvalue weighted by molar-refractivity contribution is -0.148. The fourth-order valence-corrected chi connectivity index (χ4v) is 2.48. The van der Waals surface area contributed by atoms with Crippen LogP contribution in [0.2, 0.25) is 0 Å². The van der Waals surface area contributed by atoms with Gasteiger partial charge in [-0.1, -0.05) is 0 Å². The molecule has 18 heavy (non-hydrogen) atoms. The summed E-state index contributed by atoms with van der Waals surface area (Å²) in [7, 11) is 0. The molecular formula is C13H21N3O2. The Balaban J connectivity index is 2.10. The van der Waals surface area contributed by atoms with Gasteiger partial charge in [-0.05, 0) is 40.2 Å². The van der Waals surface area contributed by atoms with Gasteiger partial charge in [0.25, 0.3) is 0 Å². The number of likely N-dealkylation sites (tertiary alicyclic amines) is 1. The number of hydrogen-bond donors (Lipinski definition) is 1. The van der Waals surface area contributed by atoms with Gasteiger partial charge >= 0.3 is 5.97 Å². The van der Waals surface area contributed by atoms with Crippen molar-refractivity contribution in [1.82, 2.24) is 14.7 Å². The molecule has 1 N–H and O–H groups in total. The summed E-state index contributed by atoms with van der Waals surface area (Å²) in [6.45, 7) is 7.47. The first-order chi connectivity index (χ1) is 8.43. The fraction of sp³-hybridized carbons (Fsp3) is 0.692. The van der Waals surface area contributed by atoms with Crippen LogP contribution in [-0.4, -0.2) is 37.8 Å². The van der Waals surface area contributed by atoms with Crippen LogP contribution >= 0.6 is 0 Å². The average molecular weight is 251 g/mol. The van der Waals surface area contributed by atoms with E-state index in [-0.39, 0.29) is 0 Å². The van der Waals surface area contributed by atoms with Crippen LogP contribution in [0, 0.1) is 0 Å². The molecule has 1 aromatic heterocycles. The predicted octanol–water partition coefficient (Wildman–Crippen LogP) is 1.90. The average Bonchev–Trinajstić information content (AvgIpc) is 2.88. The van der Waals surface area contributed by atoms with Crippen molar-refractivity contribution in [1.29, 1.82) is 0 Å². The quantitative estimate of drug-likeness (QED) is 0.888. The van der Waals surface area contributed by atoms with Crippen molar-refractivity contribution >= 4 is 5.97 Å². The number of rotatable bonds is 4. The zero-order valence-corrected chi connectivity index (χ0v) is 11.3. The Labute approximate surface area is 107 Å². The number of carboxylic acid groups (broad SMARTS) is 1. The number of aliphatic carboxylic acids is 1. The van der Waals surface area contributed by atoms with Crippen LogP contribution in [0.4, 0.5) is 0 Å². The highest BCUT2D eigenvalue weighted by atomic mass is 16.4. The lowest BCUT2D eigenvalue weighted by Crippen LogP contribution is -2.47. The molecule has 0 amide bonds. The van der Waals surface area contributed by atoms with E-state index < -0.39 is 11.5 Å². The molecule has 100 valence electrons. The maximum Gasteiger partial charge on any atom is 0.323 e. The summed E-state index contributed by atoms with van der Waals surface area (Å²) >= 11 is 0. The van der Waals surface area contributed by atoms with E-state index in [1.807, 2.05) is 28.9 Å². The van der Waals surface area contributed by atoms with Crippen LogP contribution in [0.1, 0.15) is 45.2 Å². The second-order valence-electron chi connectivity index (χ2n) is 5.53. The first-order valence-corrected chi connectivity index (χ1v) is 6.45. The molecule has 1 fully saturated rings. The monoisotopic (exact) mass is 251 g/mol. The number of nitrogens with zero attached hydrogens (tertiary/aromatic N) is 3. The van der Waals surface area contributed by atoms with Crippen LogP contribution < -0.4 is 0 Å². The van der Waals surface area contributed by atoms with E-state index >= 15 is 0 Å². The van der Waals surface area contributed by atoms with Gasteiger partial charge in [-0.15, -0.1) is 0 Å². The minimum atomic E-state index is -0.726. The molecule has 0 spiro atoms. The van der Waals surface area contributed by atoms with E-state index in [0.717, 1.165) is 24.9 Å². The third kappa shape index (κ3) is 2.27. The van der Waals surface area contributed by atoms with Gasteiger partial charge in [-0.2, -0.15) is 5.10 Å². The minimum Gasteiger partial charge on any atom is -0.480 e. The summed E-state index contributed by atoms with van der Waals surface area (Å²) in [6.07, 6.45) is 5.51. The normalized spacial score (nSPS) is 24.9. The Kier molecular flexibility index (Phi) is 3.43. The molecular weight excluding hydrogens is 230 g/mol. The molecule has 2 rings (SSSR count). The van der Waals surface area contributed by atoms with E-state index in [1.165, 1.54) is 0 Å². The molecule has 0 aromatic carbocycles. The highest BCUT2D eigenvalue weighted by Gasteiger charge is 2.43. The van der Waals surface area contributed by atoms with Crippen LogP contribution in [0.5, 0.6) is 0 Å². The van der Waals surface area contributed by atoms with Crippen molar-refractivity contribution < 1.29 is 9.90 Å². The van der Waals surface area contributed by atoms with Gasteiger partial charge < -0.3 is 5.11 Å². The Morgan fingerprint density at radius 3 is 2.89 bits per heavy atom. The summed E-state index contributed by atoms with van der Waals surface area (Å²) in [4.78, 5) is 13.4. The van der Waals surface area contributed by atoms with Crippen molar-refractivity contribution in [2.45, 2.75) is 51.7 Å². The van der Waals surface area contributed by atoms with E-state index in [0.29, 0.717) is 12.6 Å². The van der Waals surface area contributed by atoms with Crippen molar-refractivity contribution in [3.05, 3.63) is 18.0 Å². The van der Waals surface area contributed by atoms with Gasteiger partial charge in [0.1, 0.15) is 5.54 Å². The fourth-order valence-electron chi connectivity index (χ4n) is 2.48. The highest BCUT2D eigenvalue weighted by Crippen LogP contribution is 2.30. The summed E-state index contributed by atoms with van der Waals surface area (Å²) in [5.41, 5.74) is 0.359. The van der Waals surface area contributed by atoms with Gasteiger partial charge in [0.05, 0.1) is 6.20 Å². The standard InChI is InChI=1S/C13H21N3O2/c1-10(2)16-9-11(7-14-16)8-15-6-4-5-13(15,3)12(17)18/h7,9-10H,4-6,8H2,1-3H3,(H,17,18)/t13-/m0/s1. The lowest BCUT2D eigenvalue weighted by Gasteiger charge is -2.30. The Morgan fingerprint density at radius 2 is 2.33 bits per heavy atom. The summed E-state index contributed by atoms with van der Waals surface area (Å²) in [6, 6.07) is 0.336. The SMILES string of the molecule is CC(C)n1cc(CN2CCC[C@@]2(C)C(=O)O)cn1. The minimum absolute atomic E-state index is 0.336. The van der Waals surface area contributed by atoms with Gasteiger partial charge in [0.15, 0.2) is 0 Å². The zero-order chi connectivity index (χ0) is 13.3. The van der Waals surface area contributed by atoms with Crippen molar-refractivity contribution in [2.75, 3.05) is 6.54 Å². The van der Waals surface area contributed by atoms with Crippen molar-refractivity contribution in [3.63, 3.8) is 0 Å². The largest absolute Gasteiger partial charge is 0.480 e. The van der Waals surface area contributed by atoms with Crippen molar-refractivity contribution in [2.24, 2.45) is 0 Å². The molecule has 2 heterocycles. The molecule has 1 aliphatic rings. The predicted molar refractivity (Wildman–Crippen MR) is 68.3 cm³/mol. The second kappa shape index (κ2) is 4.72. The molecule has 5 nitrogen and oxygen atoms in total. The number of carboxylic acids is 1. The van der Waals surface area contributed by atoms with Gasteiger partial charge in [-0.25, -0.2) is 0 Å². The van der Waals surface area contributed by atoms with Gasteiger partial charge in [-0.3, -0.25) is 14.4 Å². The van der Waals surface area contributed by atoms with Crippen LogP contribution in [0.25, 0.3) is 0 Å². The maximum absolute atomic E-state index is 11.4. The topological polar surface area (TPSA) is 58.4 Å². The maximum atomic E-state index is 11.4. The molecule has 1 atom stereocenters. The number of carbonyl (C=O) groups is 1. The second-order valence-corrected chi connectivity index (χ2v) is 5.53. The number of hydrogen-bond acceptors (Lipinski definition) is 3. The molecule has 1 saturated heterocycles. The molecule has 1 aromatic rings. The smallest absolute Gasteiger partial charge is 0.323 e. The zero-order valence-electron chi connectivity index (χ0n) is 11.3. The third-order valence-electron chi connectivity index (χ3n) is 3.81. The Hall–Kier alpha value is -1.36. The number of aromatic nitrogens is 2. The highest BCUT2D eigenvalue weighted by molar-refractivity contribution is 5.78. The van der Waals surface area contributed by atoms with Crippen LogP contribution in [-0.2, 0) is 11.3 Å². The Bertz CT molecular complexity index is 441. The van der Waals surface area contributed by atoms with E-state index in [2.05, 4.69) is 18.9 Å². The van der Waals surface area contributed by atoms with Crippen LogP contribution in [0.3, 0.4) is 0 Å². The van der Waals surface area contributed by atoms with Crippen molar-refractivity contribution in [3.8, 4) is 0 Å². The summed E-state index contributed by atoms with van der Waals surface area (Å²) in [5.74, 6) is -0.726. The van der Waals surface area contributed by atoms with Gasteiger partial charge in [0.2, 0.25) is 0 Å². The summed E-state index contributed by atoms with van der Waals surface area (Å²) < 4.78 is 1.91. The Morgan fingerprint density at radius 1 is 1.61 bits per heavy atom. The van der Waals surface area contributed by atoms with Crippen LogP contribution in [0.15, 0.2) is 12.4 Å². The molecule has 0 unspecified atom stereocenters. The molecule has 0 saturated carbocycles. The van der Waals surface area contributed by atoms with Gasteiger partial charge in [0, 0.05) is 24.3 Å². The first kappa shape index (κ1) is 13.1. The van der Waals surface area contributed by atoms with E-state index in [1.54, 1.807) is 0 Å². The molecule has 1 aliphatic heterocycles. The first-order valence-electron chi connectivity index (χ1n) is 6.45. The molecule has 5 heteroatoms. The molecule has 0 radical (unpaired) electrons. The molecule has 0 bridgehead atoms. The molecule has 0 aliphatic carbocycles. The summed E-state index contributed by atoms with van der Waals surface area (Å²) in [5, 5.41) is 13.6. The lowest BCUT2D eigenvalue weighted by atomic mass is 9.99.